The molecule has 1 aromatic carbocycles. The number of hydrogen-bond acceptors (Lipinski definition) is 4. The van der Waals surface area contributed by atoms with Crippen molar-refractivity contribution in [1.29, 1.82) is 0 Å². The maximum atomic E-state index is 12.3. The zero-order chi connectivity index (χ0) is 15.6. The molecule has 1 heterocycles. The fourth-order valence-corrected chi connectivity index (χ4v) is 3.90. The topological polar surface area (TPSA) is 75.3 Å². The molecule has 3 rings (SSSR count). The molecule has 1 aliphatic carbocycles. The van der Waals surface area contributed by atoms with Gasteiger partial charge >= 0.3 is 0 Å². The Balaban J connectivity index is 1.74. The highest BCUT2D eigenvalue weighted by atomic mass is 32.2. The second kappa shape index (κ2) is 6.04. The lowest BCUT2D eigenvalue weighted by molar-refractivity contribution is 0.0949. The van der Waals surface area contributed by atoms with Gasteiger partial charge in [-0.2, -0.15) is 0 Å². The summed E-state index contributed by atoms with van der Waals surface area (Å²) in [5.41, 5.74) is 4.27. The zero-order valence-electron chi connectivity index (χ0n) is 11.6. The van der Waals surface area contributed by atoms with Gasteiger partial charge in [-0.25, -0.2) is 8.42 Å². The summed E-state index contributed by atoms with van der Waals surface area (Å²) in [4.78, 5) is 14.7. The first-order valence-corrected chi connectivity index (χ1v) is 9.07. The zero-order valence-corrected chi connectivity index (χ0v) is 13.2. The van der Waals surface area contributed by atoms with Crippen LogP contribution in [0.2, 0.25) is 0 Å². The lowest BCUT2D eigenvalue weighted by atomic mass is 9.98. The van der Waals surface area contributed by atoms with Gasteiger partial charge in [0.1, 0.15) is 0 Å². The molecular formula is C15H14N2O3S2. The predicted octanol–water partition coefficient (Wildman–Crippen LogP) is 2.30. The number of aryl methyl sites for hydroxylation is 1. The molecule has 0 radical (unpaired) electrons. The second-order valence-electron chi connectivity index (χ2n) is 4.85. The van der Waals surface area contributed by atoms with Crippen molar-refractivity contribution in [2.75, 3.05) is 0 Å². The summed E-state index contributed by atoms with van der Waals surface area (Å²) in [6.45, 7) is 0. The lowest BCUT2D eigenvalue weighted by Crippen LogP contribution is -2.42. The van der Waals surface area contributed by atoms with Crippen LogP contribution in [0.3, 0.4) is 0 Å². The van der Waals surface area contributed by atoms with Gasteiger partial charge in [-0.1, -0.05) is 30.3 Å². The summed E-state index contributed by atoms with van der Waals surface area (Å²) < 4.78 is 24.6. The Morgan fingerprint density at radius 3 is 2.68 bits per heavy atom. The Bertz CT molecular complexity index is 824. The van der Waals surface area contributed by atoms with Crippen molar-refractivity contribution >= 4 is 33.3 Å². The monoisotopic (exact) mass is 334 g/mol. The predicted molar refractivity (Wildman–Crippen MR) is 86.6 cm³/mol. The van der Waals surface area contributed by atoms with Crippen LogP contribution in [0.1, 0.15) is 27.2 Å². The Labute approximate surface area is 132 Å². The number of thiophene rings is 1. The summed E-state index contributed by atoms with van der Waals surface area (Å²) in [5.74, 6) is -0.463. The molecule has 1 aliphatic rings. The summed E-state index contributed by atoms with van der Waals surface area (Å²) in [7, 11) is -3.73. The first-order valence-electron chi connectivity index (χ1n) is 6.70. The molecule has 0 bridgehead atoms. The molecule has 0 spiro atoms. The van der Waals surface area contributed by atoms with Gasteiger partial charge in [0.2, 0.25) is 0 Å². The van der Waals surface area contributed by atoms with Crippen molar-refractivity contribution < 1.29 is 13.2 Å². The van der Waals surface area contributed by atoms with Crippen molar-refractivity contribution in [3.8, 4) is 0 Å². The molecule has 0 unspecified atom stereocenters. The minimum atomic E-state index is -3.73. The third-order valence-corrected chi connectivity index (χ3v) is 5.65. The van der Waals surface area contributed by atoms with Gasteiger partial charge in [0, 0.05) is 0 Å². The third-order valence-electron chi connectivity index (χ3n) is 3.40. The van der Waals surface area contributed by atoms with Crippen LogP contribution >= 0.6 is 11.3 Å². The molecule has 114 valence electrons. The smallest absolute Gasteiger partial charge is 0.273 e. The van der Waals surface area contributed by atoms with Crippen molar-refractivity contribution in [3.05, 3.63) is 62.7 Å². The van der Waals surface area contributed by atoms with E-state index >= 15 is 0 Å². The number of hydrazine groups is 1. The standard InChI is InChI=1S/C15H14N2O3S2/c18-15(14-6-3-9-21-14)16-17-22(19,20)13-8-7-11-4-1-2-5-12(11)10-13/h1-6,9-10,17H,7-8H2,(H,16,18). The van der Waals surface area contributed by atoms with E-state index in [-0.39, 0.29) is 4.91 Å². The number of carbonyl (C=O) groups excluding carboxylic acids is 1. The number of allylic oxidation sites excluding steroid dienone is 1. The van der Waals surface area contributed by atoms with Gasteiger partial charge in [0.05, 0.1) is 9.78 Å². The van der Waals surface area contributed by atoms with Crippen molar-refractivity contribution in [1.82, 2.24) is 10.3 Å². The number of hydrogen-bond donors (Lipinski definition) is 2. The summed E-state index contributed by atoms with van der Waals surface area (Å²) in [5, 5.41) is 1.75. The number of fused-ring (bicyclic) bond motifs is 1. The highest BCUT2D eigenvalue weighted by Gasteiger charge is 2.22. The summed E-state index contributed by atoms with van der Waals surface area (Å²) >= 11 is 1.25. The molecule has 7 heteroatoms. The van der Waals surface area contributed by atoms with E-state index in [4.69, 9.17) is 0 Å². The van der Waals surface area contributed by atoms with Crippen LogP contribution in [0.15, 0.2) is 46.7 Å². The maximum Gasteiger partial charge on any atom is 0.276 e. The largest absolute Gasteiger partial charge is 0.276 e. The van der Waals surface area contributed by atoms with Crippen LogP contribution in [-0.2, 0) is 16.4 Å². The van der Waals surface area contributed by atoms with Crippen LogP contribution < -0.4 is 10.3 Å². The highest BCUT2D eigenvalue weighted by molar-refractivity contribution is 7.93. The average Bonchev–Trinajstić information content (AvgIpc) is 3.07. The number of rotatable bonds is 4. The Hall–Kier alpha value is -1.96. The van der Waals surface area contributed by atoms with Gasteiger partial charge in [0.25, 0.3) is 15.9 Å². The van der Waals surface area contributed by atoms with E-state index in [1.54, 1.807) is 23.6 Å². The number of amides is 1. The van der Waals surface area contributed by atoms with E-state index in [0.717, 1.165) is 11.1 Å². The molecule has 0 fully saturated rings. The fraction of sp³-hybridized carbons (Fsp3) is 0.133. The summed E-state index contributed by atoms with van der Waals surface area (Å²) in [6, 6.07) is 11.0. The van der Waals surface area contributed by atoms with Gasteiger partial charge < -0.3 is 0 Å². The second-order valence-corrected chi connectivity index (χ2v) is 7.53. The van der Waals surface area contributed by atoms with Crippen LogP contribution in [0, 0.1) is 0 Å². The number of carbonyl (C=O) groups is 1. The minimum absolute atomic E-state index is 0.276. The lowest BCUT2D eigenvalue weighted by Gasteiger charge is -2.17. The van der Waals surface area contributed by atoms with E-state index < -0.39 is 15.9 Å². The fourth-order valence-electron chi connectivity index (χ4n) is 2.27. The number of benzene rings is 1. The Morgan fingerprint density at radius 2 is 1.91 bits per heavy atom. The molecule has 0 aliphatic heterocycles. The quantitative estimate of drug-likeness (QED) is 0.843. The van der Waals surface area contributed by atoms with Crippen LogP contribution in [0.4, 0.5) is 0 Å². The molecule has 0 saturated heterocycles. The van der Waals surface area contributed by atoms with E-state index in [2.05, 4.69) is 10.3 Å². The third kappa shape index (κ3) is 3.11. The van der Waals surface area contributed by atoms with Gasteiger partial charge in [-0.3, -0.25) is 10.2 Å². The highest BCUT2D eigenvalue weighted by Crippen LogP contribution is 2.26. The number of nitrogens with one attached hydrogen (secondary N) is 2. The Morgan fingerprint density at radius 1 is 1.09 bits per heavy atom. The normalized spacial score (nSPS) is 14.1. The van der Waals surface area contributed by atoms with E-state index in [0.29, 0.717) is 17.7 Å². The minimum Gasteiger partial charge on any atom is -0.273 e. The molecule has 1 amide bonds. The van der Waals surface area contributed by atoms with E-state index in [9.17, 15) is 13.2 Å². The van der Waals surface area contributed by atoms with Crippen LogP contribution in [0.25, 0.3) is 6.08 Å². The molecule has 0 saturated carbocycles. The van der Waals surface area contributed by atoms with Gasteiger partial charge in [-0.05, 0) is 41.5 Å². The molecule has 2 aromatic rings. The molecule has 0 atom stereocenters. The molecular weight excluding hydrogens is 320 g/mol. The first-order chi connectivity index (χ1) is 10.6. The Kier molecular flexibility index (Phi) is 4.10. The first kappa shape index (κ1) is 15.0. The van der Waals surface area contributed by atoms with Gasteiger partial charge in [-0.15, -0.1) is 16.2 Å². The molecule has 22 heavy (non-hydrogen) atoms. The number of sulfonamides is 1. The van der Waals surface area contributed by atoms with Crippen molar-refractivity contribution in [2.45, 2.75) is 12.8 Å². The average molecular weight is 334 g/mol. The van der Waals surface area contributed by atoms with E-state index in [1.165, 1.54) is 11.3 Å². The van der Waals surface area contributed by atoms with E-state index in [1.807, 2.05) is 24.3 Å². The van der Waals surface area contributed by atoms with Crippen molar-refractivity contribution in [3.63, 3.8) is 0 Å². The molecule has 5 nitrogen and oxygen atoms in total. The molecule has 2 N–H and O–H groups in total. The van der Waals surface area contributed by atoms with Crippen LogP contribution in [-0.4, -0.2) is 14.3 Å². The maximum absolute atomic E-state index is 12.3. The van der Waals surface area contributed by atoms with Gasteiger partial charge in [0.15, 0.2) is 0 Å². The summed E-state index contributed by atoms with van der Waals surface area (Å²) in [6.07, 6.45) is 2.74. The molecule has 1 aromatic heterocycles. The van der Waals surface area contributed by atoms with Crippen molar-refractivity contribution in [2.24, 2.45) is 0 Å². The SMILES string of the molecule is O=C(NNS(=O)(=O)C1=Cc2ccccc2CC1)c1cccs1. The van der Waals surface area contributed by atoms with Crippen LogP contribution in [0.5, 0.6) is 0 Å².